The molecule has 12 heavy (non-hydrogen) atoms. The Labute approximate surface area is 73.4 Å². The van der Waals surface area contributed by atoms with Gasteiger partial charge >= 0.3 is 0 Å². The zero-order valence-electron chi connectivity index (χ0n) is 7.79. The summed E-state index contributed by atoms with van der Waals surface area (Å²) in [6.07, 6.45) is 7.86. The molecule has 1 rings (SSSR count). The molecule has 0 aliphatic heterocycles. The molecule has 0 N–H and O–H groups in total. The molecule has 0 fully saturated rings. The quantitative estimate of drug-likeness (QED) is 0.606. The van der Waals surface area contributed by atoms with Gasteiger partial charge in [0.05, 0.1) is 6.26 Å². The van der Waals surface area contributed by atoms with Crippen LogP contribution in [0.15, 0.2) is 34.5 Å². The van der Waals surface area contributed by atoms with E-state index in [0.29, 0.717) is 0 Å². The fourth-order valence-corrected chi connectivity index (χ4v) is 0.912. The third-order valence-electron chi connectivity index (χ3n) is 1.60. The van der Waals surface area contributed by atoms with Crippen LogP contribution in [0.5, 0.6) is 0 Å². The van der Waals surface area contributed by atoms with Crippen molar-refractivity contribution in [3.05, 3.63) is 41.4 Å². The van der Waals surface area contributed by atoms with E-state index in [1.165, 1.54) is 5.57 Å². The van der Waals surface area contributed by atoms with Gasteiger partial charge in [0.25, 0.3) is 0 Å². The van der Waals surface area contributed by atoms with Gasteiger partial charge in [0.15, 0.2) is 0 Å². The zero-order chi connectivity index (χ0) is 8.97. The molecule has 0 aromatic carbocycles. The summed E-state index contributed by atoms with van der Waals surface area (Å²) >= 11 is 0. The van der Waals surface area contributed by atoms with Gasteiger partial charge in [0.1, 0.15) is 5.76 Å². The molecule has 1 heterocycles. The molecule has 0 unspecified atom stereocenters. The fourth-order valence-electron chi connectivity index (χ4n) is 0.912. The lowest BCUT2D eigenvalue weighted by Crippen LogP contribution is -1.68. The number of allylic oxidation sites excluding steroid dienone is 3. The monoisotopic (exact) mass is 162 g/mol. The number of furan rings is 1. The Hall–Kier alpha value is -1.24. The van der Waals surface area contributed by atoms with Gasteiger partial charge in [0, 0.05) is 5.56 Å². The summed E-state index contributed by atoms with van der Waals surface area (Å²) in [7, 11) is 0. The highest BCUT2D eigenvalue weighted by Crippen LogP contribution is 2.10. The first-order valence-corrected chi connectivity index (χ1v) is 4.06. The molecule has 0 aliphatic carbocycles. The third-order valence-corrected chi connectivity index (χ3v) is 1.60. The SMILES string of the molecule is CC(C)=C/C=C/c1ccoc1C. The maximum absolute atomic E-state index is 5.15. The first-order valence-electron chi connectivity index (χ1n) is 4.06. The lowest BCUT2D eigenvalue weighted by Gasteiger charge is -1.86. The van der Waals surface area contributed by atoms with Crippen LogP contribution in [0.4, 0.5) is 0 Å². The van der Waals surface area contributed by atoms with E-state index in [1.807, 2.05) is 25.1 Å². The highest BCUT2D eigenvalue weighted by Gasteiger charge is 1.93. The van der Waals surface area contributed by atoms with Gasteiger partial charge < -0.3 is 4.42 Å². The Balaban J connectivity index is 2.70. The van der Waals surface area contributed by atoms with Crippen LogP contribution in [0.1, 0.15) is 25.2 Å². The average Bonchev–Trinajstić information content (AvgIpc) is 2.36. The van der Waals surface area contributed by atoms with Gasteiger partial charge in [-0.3, -0.25) is 0 Å². The van der Waals surface area contributed by atoms with Crippen LogP contribution in [0.25, 0.3) is 6.08 Å². The summed E-state index contributed by atoms with van der Waals surface area (Å²) in [6.45, 7) is 6.11. The molecule has 0 bridgehead atoms. The van der Waals surface area contributed by atoms with E-state index in [2.05, 4.69) is 19.9 Å². The molecule has 0 saturated carbocycles. The summed E-state index contributed by atoms with van der Waals surface area (Å²) in [5.41, 5.74) is 2.44. The van der Waals surface area contributed by atoms with Crippen molar-refractivity contribution in [1.29, 1.82) is 0 Å². The lowest BCUT2D eigenvalue weighted by molar-refractivity contribution is 0.533. The molecule has 1 aromatic rings. The van der Waals surface area contributed by atoms with E-state index >= 15 is 0 Å². The normalized spacial score (nSPS) is 10.6. The first kappa shape index (κ1) is 8.85. The maximum Gasteiger partial charge on any atom is 0.107 e. The van der Waals surface area contributed by atoms with E-state index in [0.717, 1.165) is 11.3 Å². The Kier molecular flexibility index (Phi) is 2.92. The second kappa shape index (κ2) is 3.96. The summed E-state index contributed by atoms with van der Waals surface area (Å²) in [5, 5.41) is 0. The Bertz CT molecular complexity index is 299. The van der Waals surface area contributed by atoms with E-state index in [1.54, 1.807) is 6.26 Å². The second-order valence-electron chi connectivity index (χ2n) is 3.04. The van der Waals surface area contributed by atoms with E-state index in [-0.39, 0.29) is 0 Å². The average molecular weight is 162 g/mol. The van der Waals surface area contributed by atoms with Gasteiger partial charge in [-0.15, -0.1) is 0 Å². The maximum atomic E-state index is 5.15. The van der Waals surface area contributed by atoms with Gasteiger partial charge in [0.2, 0.25) is 0 Å². The van der Waals surface area contributed by atoms with Crippen LogP contribution >= 0.6 is 0 Å². The molecule has 0 atom stereocenters. The van der Waals surface area contributed by atoms with Crippen LogP contribution in [-0.2, 0) is 0 Å². The third kappa shape index (κ3) is 2.42. The number of rotatable bonds is 2. The van der Waals surface area contributed by atoms with Crippen molar-refractivity contribution in [3.8, 4) is 0 Å². The van der Waals surface area contributed by atoms with Crippen LogP contribution < -0.4 is 0 Å². The van der Waals surface area contributed by atoms with Crippen LogP contribution in [-0.4, -0.2) is 0 Å². The molecule has 1 nitrogen and oxygen atoms in total. The Morgan fingerprint density at radius 2 is 2.17 bits per heavy atom. The zero-order valence-corrected chi connectivity index (χ0v) is 7.79. The van der Waals surface area contributed by atoms with E-state index < -0.39 is 0 Å². The summed E-state index contributed by atoms with van der Waals surface area (Å²) in [6, 6.07) is 1.96. The summed E-state index contributed by atoms with van der Waals surface area (Å²) in [5.74, 6) is 0.966. The van der Waals surface area contributed by atoms with Gasteiger partial charge in [-0.25, -0.2) is 0 Å². The van der Waals surface area contributed by atoms with Crippen molar-refractivity contribution in [2.24, 2.45) is 0 Å². The predicted molar refractivity (Wildman–Crippen MR) is 51.9 cm³/mol. The van der Waals surface area contributed by atoms with E-state index in [9.17, 15) is 0 Å². The molecule has 0 spiro atoms. The van der Waals surface area contributed by atoms with Gasteiger partial charge in [-0.2, -0.15) is 0 Å². The van der Waals surface area contributed by atoms with E-state index in [4.69, 9.17) is 4.42 Å². The van der Waals surface area contributed by atoms with Crippen molar-refractivity contribution in [2.45, 2.75) is 20.8 Å². The highest BCUT2D eigenvalue weighted by molar-refractivity contribution is 5.52. The van der Waals surface area contributed by atoms with Crippen molar-refractivity contribution >= 4 is 6.08 Å². The lowest BCUT2D eigenvalue weighted by atomic mass is 10.2. The molecule has 0 aliphatic rings. The van der Waals surface area contributed by atoms with Crippen LogP contribution in [0.2, 0.25) is 0 Å². The summed E-state index contributed by atoms with van der Waals surface area (Å²) < 4.78 is 5.15. The minimum atomic E-state index is 0.966. The molecule has 0 saturated heterocycles. The minimum Gasteiger partial charge on any atom is -0.469 e. The smallest absolute Gasteiger partial charge is 0.107 e. The predicted octanol–water partition coefficient (Wildman–Crippen LogP) is 3.57. The van der Waals surface area contributed by atoms with Gasteiger partial charge in [-0.1, -0.05) is 23.8 Å². The molecular weight excluding hydrogens is 148 g/mol. The van der Waals surface area contributed by atoms with Crippen molar-refractivity contribution in [3.63, 3.8) is 0 Å². The molecule has 0 radical (unpaired) electrons. The fraction of sp³-hybridized carbons (Fsp3) is 0.273. The molecule has 64 valence electrons. The molecular formula is C11H14O. The second-order valence-corrected chi connectivity index (χ2v) is 3.04. The summed E-state index contributed by atoms with van der Waals surface area (Å²) in [4.78, 5) is 0. The molecule has 1 heteroatoms. The Morgan fingerprint density at radius 1 is 1.42 bits per heavy atom. The molecule has 0 amide bonds. The minimum absolute atomic E-state index is 0.966. The van der Waals surface area contributed by atoms with Gasteiger partial charge in [-0.05, 0) is 26.8 Å². The Morgan fingerprint density at radius 3 is 2.67 bits per heavy atom. The number of hydrogen-bond donors (Lipinski definition) is 0. The largest absolute Gasteiger partial charge is 0.469 e. The van der Waals surface area contributed by atoms with Crippen molar-refractivity contribution in [2.75, 3.05) is 0 Å². The van der Waals surface area contributed by atoms with Crippen molar-refractivity contribution < 1.29 is 4.42 Å². The number of aryl methyl sites for hydroxylation is 1. The van der Waals surface area contributed by atoms with Crippen LogP contribution in [0, 0.1) is 6.92 Å². The highest BCUT2D eigenvalue weighted by atomic mass is 16.3. The first-order chi connectivity index (χ1) is 5.70. The molecule has 1 aromatic heterocycles. The standard InChI is InChI=1S/C11H14O/c1-9(2)5-4-6-11-7-8-12-10(11)3/h4-8H,1-3H3/b6-4+. The van der Waals surface area contributed by atoms with Crippen LogP contribution in [0.3, 0.4) is 0 Å². The van der Waals surface area contributed by atoms with Crippen molar-refractivity contribution in [1.82, 2.24) is 0 Å². The topological polar surface area (TPSA) is 13.1 Å². The number of hydrogen-bond acceptors (Lipinski definition) is 1.